The second-order valence-electron chi connectivity index (χ2n) is 2.32. The van der Waals surface area contributed by atoms with Gasteiger partial charge in [0.15, 0.2) is 0 Å². The van der Waals surface area contributed by atoms with E-state index in [2.05, 4.69) is 73.5 Å². The summed E-state index contributed by atoms with van der Waals surface area (Å²) in [6.07, 6.45) is 0. The molecule has 0 nitrogen and oxygen atoms in total. The van der Waals surface area contributed by atoms with Gasteiger partial charge in [0.05, 0.1) is 0 Å². The van der Waals surface area contributed by atoms with E-state index < -0.39 is 0 Å². The minimum Gasteiger partial charge on any atom is -0.0876 e. The molecule has 0 saturated heterocycles. The molecular formula is C8H7Br2I. The lowest BCUT2D eigenvalue weighted by atomic mass is 10.1. The van der Waals surface area contributed by atoms with Crippen molar-refractivity contribution in [1.29, 1.82) is 0 Å². The topological polar surface area (TPSA) is 0 Å². The largest absolute Gasteiger partial charge is 0.0876 e. The normalized spacial score (nSPS) is 10.2. The molecule has 0 aliphatic rings. The summed E-state index contributed by atoms with van der Waals surface area (Å²) in [6, 6.07) is 4.31. The summed E-state index contributed by atoms with van der Waals surface area (Å²) in [6.45, 7) is 2.13. The van der Waals surface area contributed by atoms with E-state index in [-0.39, 0.29) is 0 Å². The summed E-state index contributed by atoms with van der Waals surface area (Å²) in [5, 5.41) is 0.913. The van der Waals surface area contributed by atoms with Crippen LogP contribution < -0.4 is 0 Å². The van der Waals surface area contributed by atoms with Crippen LogP contribution in [0, 0.1) is 10.5 Å². The van der Waals surface area contributed by atoms with Crippen molar-refractivity contribution in [3.8, 4) is 0 Å². The summed E-state index contributed by atoms with van der Waals surface area (Å²) in [5.41, 5.74) is 2.67. The highest BCUT2D eigenvalue weighted by Crippen LogP contribution is 2.25. The van der Waals surface area contributed by atoms with Crippen LogP contribution in [0.5, 0.6) is 0 Å². The Hall–Kier alpha value is 0.910. The van der Waals surface area contributed by atoms with Gasteiger partial charge in [0, 0.05) is 13.4 Å². The molecule has 0 atom stereocenters. The number of alkyl halides is 1. The molecule has 0 bridgehead atoms. The minimum atomic E-state index is 0.913. The van der Waals surface area contributed by atoms with Crippen LogP contribution in [0.1, 0.15) is 11.1 Å². The molecule has 0 aliphatic heterocycles. The number of halogens is 3. The number of benzene rings is 1. The molecule has 1 rings (SSSR count). The predicted molar refractivity (Wildman–Crippen MR) is 64.2 cm³/mol. The zero-order valence-corrected chi connectivity index (χ0v) is 11.3. The van der Waals surface area contributed by atoms with E-state index in [0.717, 1.165) is 5.33 Å². The minimum absolute atomic E-state index is 0.913. The van der Waals surface area contributed by atoms with Gasteiger partial charge in [-0.05, 0) is 52.8 Å². The maximum Gasteiger partial charge on any atom is 0.0296 e. The lowest BCUT2D eigenvalue weighted by Gasteiger charge is -2.05. The molecule has 1 aromatic carbocycles. The maximum atomic E-state index is 3.52. The van der Waals surface area contributed by atoms with Gasteiger partial charge in [0.2, 0.25) is 0 Å². The summed E-state index contributed by atoms with van der Waals surface area (Å²) in [5.74, 6) is 0. The van der Waals surface area contributed by atoms with Crippen LogP contribution in [-0.2, 0) is 5.33 Å². The van der Waals surface area contributed by atoms with Crippen LogP contribution in [-0.4, -0.2) is 0 Å². The van der Waals surface area contributed by atoms with E-state index in [4.69, 9.17) is 0 Å². The lowest BCUT2D eigenvalue weighted by Crippen LogP contribution is -1.87. The van der Waals surface area contributed by atoms with E-state index in [0.29, 0.717) is 0 Å². The van der Waals surface area contributed by atoms with Crippen molar-refractivity contribution in [2.75, 3.05) is 0 Å². The van der Waals surface area contributed by atoms with E-state index in [1.54, 1.807) is 0 Å². The quantitative estimate of drug-likeness (QED) is 0.497. The third-order valence-corrected chi connectivity index (χ3v) is 3.41. The van der Waals surface area contributed by atoms with Crippen LogP contribution >= 0.6 is 54.5 Å². The van der Waals surface area contributed by atoms with Crippen molar-refractivity contribution in [1.82, 2.24) is 0 Å². The molecule has 0 unspecified atom stereocenters. The average Bonchev–Trinajstić information content (AvgIpc) is 1.85. The Balaban J connectivity index is 3.25. The number of rotatable bonds is 1. The fourth-order valence-electron chi connectivity index (χ4n) is 0.901. The summed E-state index contributed by atoms with van der Waals surface area (Å²) >= 11 is 9.29. The molecule has 11 heavy (non-hydrogen) atoms. The Kier molecular flexibility index (Phi) is 3.85. The first-order chi connectivity index (χ1) is 5.15. The van der Waals surface area contributed by atoms with Crippen molar-refractivity contribution in [3.63, 3.8) is 0 Å². The van der Waals surface area contributed by atoms with Gasteiger partial charge in [-0.25, -0.2) is 0 Å². The Morgan fingerprint density at radius 3 is 2.55 bits per heavy atom. The van der Waals surface area contributed by atoms with Crippen LogP contribution in [0.15, 0.2) is 16.6 Å². The molecule has 0 fully saturated rings. The zero-order chi connectivity index (χ0) is 8.43. The van der Waals surface area contributed by atoms with Crippen molar-refractivity contribution in [2.45, 2.75) is 12.3 Å². The van der Waals surface area contributed by atoms with Crippen molar-refractivity contribution < 1.29 is 0 Å². The Morgan fingerprint density at radius 2 is 2.09 bits per heavy atom. The molecule has 0 N–H and O–H groups in total. The number of aryl methyl sites for hydroxylation is 1. The second kappa shape index (κ2) is 4.23. The Morgan fingerprint density at radius 1 is 1.45 bits per heavy atom. The monoisotopic (exact) mass is 388 g/mol. The number of hydrogen-bond acceptors (Lipinski definition) is 0. The highest BCUT2D eigenvalue weighted by molar-refractivity contribution is 14.1. The second-order valence-corrected chi connectivity index (χ2v) is 4.98. The van der Waals surface area contributed by atoms with Crippen LogP contribution in [0.2, 0.25) is 0 Å². The van der Waals surface area contributed by atoms with Crippen molar-refractivity contribution in [3.05, 3.63) is 31.3 Å². The van der Waals surface area contributed by atoms with E-state index in [1.807, 2.05) is 0 Å². The third kappa shape index (κ3) is 2.42. The van der Waals surface area contributed by atoms with Crippen LogP contribution in [0.3, 0.4) is 0 Å². The van der Waals surface area contributed by atoms with Gasteiger partial charge in [-0.3, -0.25) is 0 Å². The SMILES string of the molecule is Cc1cc(I)cc(Br)c1CBr. The smallest absolute Gasteiger partial charge is 0.0296 e. The standard InChI is InChI=1S/C8H7Br2I/c1-5-2-6(11)3-8(10)7(5)4-9/h2-3H,4H2,1H3. The zero-order valence-electron chi connectivity index (χ0n) is 6.00. The van der Waals surface area contributed by atoms with Gasteiger partial charge >= 0.3 is 0 Å². The highest BCUT2D eigenvalue weighted by atomic mass is 127. The van der Waals surface area contributed by atoms with Crippen LogP contribution in [0.4, 0.5) is 0 Å². The molecule has 0 radical (unpaired) electrons. The van der Waals surface area contributed by atoms with E-state index >= 15 is 0 Å². The molecule has 0 heterocycles. The summed E-state index contributed by atoms with van der Waals surface area (Å²) in [4.78, 5) is 0. The van der Waals surface area contributed by atoms with Gasteiger partial charge in [-0.2, -0.15) is 0 Å². The Bertz CT molecular complexity index is 248. The lowest BCUT2D eigenvalue weighted by molar-refractivity contribution is 1.28. The number of hydrogen-bond donors (Lipinski definition) is 0. The molecular weight excluding hydrogens is 383 g/mol. The van der Waals surface area contributed by atoms with Crippen molar-refractivity contribution in [2.24, 2.45) is 0 Å². The van der Waals surface area contributed by atoms with Crippen LogP contribution in [0.25, 0.3) is 0 Å². The molecule has 0 saturated carbocycles. The van der Waals surface area contributed by atoms with Crippen molar-refractivity contribution >= 4 is 54.5 Å². The highest BCUT2D eigenvalue weighted by Gasteiger charge is 2.02. The molecule has 0 aliphatic carbocycles. The Labute approximate surface area is 97.2 Å². The van der Waals surface area contributed by atoms with E-state index in [1.165, 1.54) is 19.2 Å². The van der Waals surface area contributed by atoms with Gasteiger partial charge in [-0.1, -0.05) is 31.9 Å². The molecule has 0 amide bonds. The third-order valence-electron chi connectivity index (χ3n) is 1.52. The fraction of sp³-hybridized carbons (Fsp3) is 0.250. The van der Waals surface area contributed by atoms with Gasteiger partial charge in [0.25, 0.3) is 0 Å². The molecule has 60 valence electrons. The molecule has 0 spiro atoms. The summed E-state index contributed by atoms with van der Waals surface area (Å²) < 4.78 is 2.47. The average molecular weight is 390 g/mol. The maximum absolute atomic E-state index is 3.52. The summed E-state index contributed by atoms with van der Waals surface area (Å²) in [7, 11) is 0. The van der Waals surface area contributed by atoms with Gasteiger partial charge in [0.1, 0.15) is 0 Å². The fourth-order valence-corrected chi connectivity index (χ4v) is 3.93. The molecule has 0 aromatic heterocycles. The van der Waals surface area contributed by atoms with E-state index in [9.17, 15) is 0 Å². The predicted octanol–water partition coefficient (Wildman–Crippen LogP) is 4.26. The molecule has 3 heteroatoms. The first-order valence-corrected chi connectivity index (χ1v) is 6.15. The first kappa shape index (κ1) is 9.99. The van der Waals surface area contributed by atoms with Gasteiger partial charge < -0.3 is 0 Å². The molecule has 1 aromatic rings. The first-order valence-electron chi connectivity index (χ1n) is 3.15. The van der Waals surface area contributed by atoms with Gasteiger partial charge in [-0.15, -0.1) is 0 Å².